The smallest absolute Gasteiger partial charge is 0.247 e. The van der Waals surface area contributed by atoms with E-state index >= 15 is 0 Å². The van der Waals surface area contributed by atoms with Crippen LogP contribution in [0.5, 0.6) is 0 Å². The monoisotopic (exact) mass is 415 g/mol. The van der Waals surface area contributed by atoms with Gasteiger partial charge in [-0.25, -0.2) is 0 Å². The maximum Gasteiger partial charge on any atom is 0.247 e. The van der Waals surface area contributed by atoms with Crippen LogP contribution < -0.4 is 5.32 Å². The summed E-state index contributed by atoms with van der Waals surface area (Å²) >= 11 is 0. The Morgan fingerprint density at radius 1 is 1.07 bits per heavy atom. The number of nitrogens with one attached hydrogen (secondary N) is 1. The minimum Gasteiger partial charge on any atom is -0.379 e. The Kier molecular flexibility index (Phi) is 8.70. The summed E-state index contributed by atoms with van der Waals surface area (Å²) in [5.74, 6) is 0.533. The van der Waals surface area contributed by atoms with E-state index in [1.807, 2.05) is 30.3 Å². The van der Waals surface area contributed by atoms with Crippen LogP contribution in [0.15, 0.2) is 30.3 Å². The number of morpholine rings is 1. The molecule has 0 aliphatic carbocycles. The SMILES string of the molecule is CCC(CC)C(CNC(=O)C(c1ccccc1)N1CCCCC1=O)N1CCOCC1. The van der Waals surface area contributed by atoms with Crippen molar-refractivity contribution in [3.05, 3.63) is 35.9 Å². The van der Waals surface area contributed by atoms with E-state index in [1.165, 1.54) is 0 Å². The van der Waals surface area contributed by atoms with Gasteiger partial charge in [0.2, 0.25) is 11.8 Å². The Hall–Kier alpha value is -1.92. The zero-order valence-electron chi connectivity index (χ0n) is 18.5. The first-order valence-electron chi connectivity index (χ1n) is 11.6. The van der Waals surface area contributed by atoms with Crippen molar-refractivity contribution in [3.63, 3.8) is 0 Å². The molecule has 3 rings (SSSR count). The minimum absolute atomic E-state index is 0.0688. The van der Waals surface area contributed by atoms with Crippen LogP contribution in [-0.4, -0.2) is 67.0 Å². The lowest BCUT2D eigenvalue weighted by molar-refractivity contribution is -0.143. The second-order valence-electron chi connectivity index (χ2n) is 8.39. The van der Waals surface area contributed by atoms with Crippen LogP contribution in [-0.2, 0) is 14.3 Å². The molecule has 0 aromatic heterocycles. The van der Waals surface area contributed by atoms with Gasteiger partial charge in [-0.15, -0.1) is 0 Å². The van der Waals surface area contributed by atoms with Gasteiger partial charge in [-0.1, -0.05) is 57.0 Å². The highest BCUT2D eigenvalue weighted by atomic mass is 16.5. The largest absolute Gasteiger partial charge is 0.379 e. The molecule has 1 N–H and O–H groups in total. The predicted octanol–water partition coefficient (Wildman–Crippen LogP) is 2.99. The number of ether oxygens (including phenoxy) is 1. The molecule has 166 valence electrons. The summed E-state index contributed by atoms with van der Waals surface area (Å²) in [5, 5.41) is 3.23. The van der Waals surface area contributed by atoms with E-state index in [2.05, 4.69) is 24.1 Å². The van der Waals surface area contributed by atoms with E-state index < -0.39 is 6.04 Å². The van der Waals surface area contributed by atoms with Gasteiger partial charge in [-0.3, -0.25) is 14.5 Å². The van der Waals surface area contributed by atoms with E-state index in [0.717, 1.165) is 57.6 Å². The van der Waals surface area contributed by atoms with Gasteiger partial charge >= 0.3 is 0 Å². The highest BCUT2D eigenvalue weighted by Gasteiger charge is 2.34. The molecule has 0 saturated carbocycles. The molecule has 0 radical (unpaired) electrons. The van der Waals surface area contributed by atoms with E-state index in [1.54, 1.807) is 4.90 Å². The topological polar surface area (TPSA) is 61.9 Å². The summed E-state index contributed by atoms with van der Waals surface area (Å²) < 4.78 is 5.54. The van der Waals surface area contributed by atoms with Crippen LogP contribution in [0.4, 0.5) is 0 Å². The molecule has 30 heavy (non-hydrogen) atoms. The molecule has 2 unspecified atom stereocenters. The lowest BCUT2D eigenvalue weighted by Crippen LogP contribution is -2.53. The highest BCUT2D eigenvalue weighted by Crippen LogP contribution is 2.26. The third-order valence-corrected chi connectivity index (χ3v) is 6.63. The highest BCUT2D eigenvalue weighted by molar-refractivity contribution is 5.89. The molecule has 0 spiro atoms. The molecular formula is C24H37N3O3. The van der Waals surface area contributed by atoms with Crippen molar-refractivity contribution in [2.45, 2.75) is 58.0 Å². The Labute approximate surface area is 180 Å². The lowest BCUT2D eigenvalue weighted by Gasteiger charge is -2.39. The first-order valence-corrected chi connectivity index (χ1v) is 11.6. The molecule has 6 heteroatoms. The fourth-order valence-electron chi connectivity index (χ4n) is 4.85. The van der Waals surface area contributed by atoms with Gasteiger partial charge in [-0.05, 0) is 24.3 Å². The van der Waals surface area contributed by atoms with Crippen LogP contribution in [0, 0.1) is 5.92 Å². The molecular weight excluding hydrogens is 378 g/mol. The van der Waals surface area contributed by atoms with Crippen molar-refractivity contribution in [1.29, 1.82) is 0 Å². The summed E-state index contributed by atoms with van der Waals surface area (Å²) in [4.78, 5) is 30.3. The molecule has 1 aromatic rings. The fraction of sp³-hybridized carbons (Fsp3) is 0.667. The number of carbonyl (C=O) groups is 2. The average Bonchev–Trinajstić information content (AvgIpc) is 2.79. The average molecular weight is 416 g/mol. The van der Waals surface area contributed by atoms with Crippen molar-refractivity contribution in [3.8, 4) is 0 Å². The van der Waals surface area contributed by atoms with Crippen LogP contribution in [0.3, 0.4) is 0 Å². The first-order chi connectivity index (χ1) is 14.7. The minimum atomic E-state index is -0.550. The quantitative estimate of drug-likeness (QED) is 0.674. The van der Waals surface area contributed by atoms with E-state index in [9.17, 15) is 9.59 Å². The molecule has 2 aliphatic rings. The van der Waals surface area contributed by atoms with Gasteiger partial charge in [0.25, 0.3) is 0 Å². The maximum atomic E-state index is 13.4. The number of hydrogen-bond acceptors (Lipinski definition) is 4. The number of likely N-dealkylation sites (tertiary alicyclic amines) is 1. The molecule has 2 aliphatic heterocycles. The third kappa shape index (κ3) is 5.61. The Morgan fingerprint density at radius 2 is 1.77 bits per heavy atom. The van der Waals surface area contributed by atoms with Crippen molar-refractivity contribution in [2.24, 2.45) is 5.92 Å². The summed E-state index contributed by atoms with van der Waals surface area (Å²) in [5.41, 5.74) is 0.885. The third-order valence-electron chi connectivity index (χ3n) is 6.63. The standard InChI is InChI=1S/C24H37N3O3/c1-3-19(4-2)21(26-14-16-30-17-15-26)18-25-24(29)23(20-10-6-5-7-11-20)27-13-9-8-12-22(27)28/h5-7,10-11,19,21,23H,3-4,8-9,12-18H2,1-2H3,(H,25,29). The molecule has 0 bridgehead atoms. The normalized spacial score (nSPS) is 20.2. The number of rotatable bonds is 9. The van der Waals surface area contributed by atoms with Crippen molar-refractivity contribution in [2.75, 3.05) is 39.4 Å². The van der Waals surface area contributed by atoms with Crippen LogP contribution in [0.25, 0.3) is 0 Å². The number of piperidine rings is 1. The number of carbonyl (C=O) groups excluding carboxylic acids is 2. The van der Waals surface area contributed by atoms with Crippen LogP contribution >= 0.6 is 0 Å². The second-order valence-corrected chi connectivity index (χ2v) is 8.39. The number of nitrogens with zero attached hydrogens (tertiary/aromatic N) is 2. The van der Waals surface area contributed by atoms with E-state index in [0.29, 0.717) is 31.5 Å². The van der Waals surface area contributed by atoms with Gasteiger partial charge in [0.1, 0.15) is 6.04 Å². The summed E-state index contributed by atoms with van der Waals surface area (Å²) in [6.07, 6.45) is 4.56. The molecule has 2 amide bonds. The van der Waals surface area contributed by atoms with Crippen molar-refractivity contribution in [1.82, 2.24) is 15.1 Å². The maximum absolute atomic E-state index is 13.4. The molecule has 1 aromatic carbocycles. The van der Waals surface area contributed by atoms with Gasteiger partial charge < -0.3 is 15.0 Å². The number of amides is 2. The zero-order chi connectivity index (χ0) is 21.3. The first kappa shape index (κ1) is 22.8. The summed E-state index contributed by atoms with van der Waals surface area (Å²) in [6.45, 7) is 9.01. The Morgan fingerprint density at radius 3 is 2.40 bits per heavy atom. The van der Waals surface area contributed by atoms with Gasteiger partial charge in [0.05, 0.1) is 13.2 Å². The van der Waals surface area contributed by atoms with E-state index in [-0.39, 0.29) is 11.8 Å². The van der Waals surface area contributed by atoms with E-state index in [4.69, 9.17) is 4.74 Å². The Bertz CT molecular complexity index is 672. The Balaban J connectivity index is 1.75. The van der Waals surface area contributed by atoms with Gasteiger partial charge in [0, 0.05) is 38.6 Å². The lowest BCUT2D eigenvalue weighted by atomic mass is 9.92. The number of hydrogen-bond donors (Lipinski definition) is 1. The molecule has 2 heterocycles. The van der Waals surface area contributed by atoms with Crippen molar-refractivity contribution >= 4 is 11.8 Å². The number of benzene rings is 1. The molecule has 2 fully saturated rings. The van der Waals surface area contributed by atoms with Crippen molar-refractivity contribution < 1.29 is 14.3 Å². The molecule has 2 atom stereocenters. The van der Waals surface area contributed by atoms with Crippen LogP contribution in [0.2, 0.25) is 0 Å². The van der Waals surface area contributed by atoms with Crippen LogP contribution in [0.1, 0.15) is 57.6 Å². The van der Waals surface area contributed by atoms with Gasteiger partial charge in [-0.2, -0.15) is 0 Å². The summed E-state index contributed by atoms with van der Waals surface area (Å²) in [6, 6.07) is 9.46. The second kappa shape index (κ2) is 11.5. The molecule has 6 nitrogen and oxygen atoms in total. The molecule has 2 saturated heterocycles. The fourth-order valence-corrected chi connectivity index (χ4v) is 4.85. The summed E-state index contributed by atoms with van der Waals surface area (Å²) in [7, 11) is 0. The predicted molar refractivity (Wildman–Crippen MR) is 118 cm³/mol. The van der Waals surface area contributed by atoms with Gasteiger partial charge in [0.15, 0.2) is 0 Å². The zero-order valence-corrected chi connectivity index (χ0v) is 18.5.